The molecule has 0 saturated carbocycles. The van der Waals surface area contributed by atoms with Crippen LogP contribution in [-0.2, 0) is 4.79 Å². The maximum absolute atomic E-state index is 13.2. The number of benzene rings is 2. The number of thioether (sulfide) groups is 1. The standard InChI is InChI=1S/C18H17F2NO3S/c1-21(9-12-10-23-16-4-2-3-5-17(16)24-12)18(22)11-25-13-6-7-14(19)15(20)8-13/h2-8,12H,9-11H2,1H3/t12-/m1/s1. The summed E-state index contributed by atoms with van der Waals surface area (Å²) < 4.78 is 37.5. The smallest absolute Gasteiger partial charge is 0.232 e. The van der Waals surface area contributed by atoms with E-state index in [0.29, 0.717) is 29.5 Å². The van der Waals surface area contributed by atoms with Gasteiger partial charge in [0.2, 0.25) is 5.91 Å². The van der Waals surface area contributed by atoms with E-state index in [0.717, 1.165) is 23.9 Å². The fourth-order valence-electron chi connectivity index (χ4n) is 2.38. The molecule has 4 nitrogen and oxygen atoms in total. The third kappa shape index (κ3) is 4.42. The molecule has 7 heteroatoms. The molecule has 0 spiro atoms. The molecule has 1 aliphatic rings. The highest BCUT2D eigenvalue weighted by atomic mass is 32.2. The highest BCUT2D eigenvalue weighted by molar-refractivity contribution is 8.00. The van der Waals surface area contributed by atoms with E-state index < -0.39 is 11.6 Å². The zero-order valence-corrected chi connectivity index (χ0v) is 14.4. The number of carbonyl (C=O) groups excluding carboxylic acids is 1. The maximum atomic E-state index is 13.2. The van der Waals surface area contributed by atoms with E-state index in [4.69, 9.17) is 9.47 Å². The van der Waals surface area contributed by atoms with Crippen molar-refractivity contribution >= 4 is 17.7 Å². The summed E-state index contributed by atoms with van der Waals surface area (Å²) in [5, 5.41) is 0. The first-order valence-electron chi connectivity index (χ1n) is 7.73. The minimum Gasteiger partial charge on any atom is -0.486 e. The van der Waals surface area contributed by atoms with Crippen molar-refractivity contribution in [3.8, 4) is 11.5 Å². The number of likely N-dealkylation sites (N-methyl/N-ethyl adjacent to an activating group) is 1. The molecule has 0 radical (unpaired) electrons. The zero-order chi connectivity index (χ0) is 17.8. The molecule has 1 heterocycles. The average Bonchev–Trinajstić information content (AvgIpc) is 2.62. The van der Waals surface area contributed by atoms with Crippen LogP contribution in [0.25, 0.3) is 0 Å². The van der Waals surface area contributed by atoms with Gasteiger partial charge < -0.3 is 14.4 Å². The highest BCUT2D eigenvalue weighted by Crippen LogP contribution is 2.31. The van der Waals surface area contributed by atoms with Crippen LogP contribution in [0.3, 0.4) is 0 Å². The molecule has 1 amide bonds. The molecule has 0 bridgehead atoms. The second-order valence-electron chi connectivity index (χ2n) is 5.64. The van der Waals surface area contributed by atoms with Gasteiger partial charge in [0.25, 0.3) is 0 Å². The third-order valence-electron chi connectivity index (χ3n) is 3.72. The van der Waals surface area contributed by atoms with Crippen LogP contribution in [0.5, 0.6) is 11.5 Å². The molecule has 0 saturated heterocycles. The summed E-state index contributed by atoms with van der Waals surface area (Å²) >= 11 is 1.16. The predicted molar refractivity (Wildman–Crippen MR) is 91.1 cm³/mol. The molecule has 1 aliphatic heterocycles. The molecule has 2 aromatic carbocycles. The molecule has 2 aromatic rings. The van der Waals surface area contributed by atoms with Gasteiger partial charge in [0, 0.05) is 11.9 Å². The molecule has 0 fully saturated rings. The summed E-state index contributed by atoms with van der Waals surface area (Å²) in [6.07, 6.45) is -0.253. The predicted octanol–water partition coefficient (Wildman–Crippen LogP) is 3.36. The quantitative estimate of drug-likeness (QED) is 0.762. The lowest BCUT2D eigenvalue weighted by atomic mass is 10.2. The van der Waals surface area contributed by atoms with Crippen LogP contribution in [0.1, 0.15) is 0 Å². The Balaban J connectivity index is 1.50. The van der Waals surface area contributed by atoms with E-state index in [9.17, 15) is 13.6 Å². The van der Waals surface area contributed by atoms with Crippen LogP contribution in [-0.4, -0.2) is 42.9 Å². The van der Waals surface area contributed by atoms with Crippen molar-refractivity contribution in [3.05, 3.63) is 54.1 Å². The van der Waals surface area contributed by atoms with E-state index in [1.165, 1.54) is 6.07 Å². The van der Waals surface area contributed by atoms with Crippen LogP contribution >= 0.6 is 11.8 Å². The van der Waals surface area contributed by atoms with Crippen molar-refractivity contribution in [2.75, 3.05) is 26.0 Å². The van der Waals surface area contributed by atoms with Crippen molar-refractivity contribution in [2.24, 2.45) is 0 Å². The molecule has 0 aliphatic carbocycles. The summed E-state index contributed by atoms with van der Waals surface area (Å²) in [5.74, 6) is -0.458. The van der Waals surface area contributed by atoms with Gasteiger partial charge in [0.15, 0.2) is 29.2 Å². The SMILES string of the molecule is CN(C[C@@H]1COc2ccccc2O1)C(=O)CSc1ccc(F)c(F)c1. The Morgan fingerprint density at radius 3 is 2.72 bits per heavy atom. The summed E-state index contributed by atoms with van der Waals surface area (Å²) in [6.45, 7) is 0.746. The van der Waals surface area contributed by atoms with E-state index in [-0.39, 0.29) is 17.8 Å². The van der Waals surface area contributed by atoms with Crippen molar-refractivity contribution < 1.29 is 23.0 Å². The molecular weight excluding hydrogens is 348 g/mol. The molecule has 3 rings (SSSR count). The fourth-order valence-corrected chi connectivity index (χ4v) is 3.24. The maximum Gasteiger partial charge on any atom is 0.232 e. The first-order valence-corrected chi connectivity index (χ1v) is 8.72. The van der Waals surface area contributed by atoms with Gasteiger partial charge in [-0.3, -0.25) is 4.79 Å². The number of hydrogen-bond donors (Lipinski definition) is 0. The van der Waals surface area contributed by atoms with E-state index >= 15 is 0 Å². The number of ether oxygens (including phenoxy) is 2. The highest BCUT2D eigenvalue weighted by Gasteiger charge is 2.23. The van der Waals surface area contributed by atoms with Crippen molar-refractivity contribution in [3.63, 3.8) is 0 Å². The molecule has 0 unspecified atom stereocenters. The number of para-hydroxylation sites is 2. The molecule has 0 N–H and O–H groups in total. The monoisotopic (exact) mass is 365 g/mol. The number of halogens is 2. The Kier molecular flexibility index (Phi) is 5.43. The Hall–Kier alpha value is -2.28. The lowest BCUT2D eigenvalue weighted by Crippen LogP contribution is -2.42. The van der Waals surface area contributed by atoms with Crippen molar-refractivity contribution in [2.45, 2.75) is 11.0 Å². The van der Waals surface area contributed by atoms with Gasteiger partial charge in [-0.2, -0.15) is 0 Å². The number of fused-ring (bicyclic) bond motifs is 1. The number of amides is 1. The number of hydrogen-bond acceptors (Lipinski definition) is 4. The van der Waals surface area contributed by atoms with E-state index in [2.05, 4.69) is 0 Å². The van der Waals surface area contributed by atoms with E-state index in [1.807, 2.05) is 24.3 Å². The fraction of sp³-hybridized carbons (Fsp3) is 0.278. The van der Waals surface area contributed by atoms with Gasteiger partial charge in [0.05, 0.1) is 12.3 Å². The minimum atomic E-state index is -0.919. The summed E-state index contributed by atoms with van der Waals surface area (Å²) in [5.41, 5.74) is 0. The van der Waals surface area contributed by atoms with Gasteiger partial charge in [-0.05, 0) is 30.3 Å². The van der Waals surface area contributed by atoms with Gasteiger partial charge in [-0.25, -0.2) is 8.78 Å². The average molecular weight is 365 g/mol. The van der Waals surface area contributed by atoms with Crippen LogP contribution in [0, 0.1) is 11.6 Å². The first kappa shape index (κ1) is 17.5. The number of nitrogens with zero attached hydrogens (tertiary/aromatic N) is 1. The molecule has 1 atom stereocenters. The normalized spacial score (nSPS) is 15.7. The minimum absolute atomic E-state index is 0.128. The Bertz CT molecular complexity index is 772. The summed E-state index contributed by atoms with van der Waals surface area (Å²) in [6, 6.07) is 11.0. The van der Waals surface area contributed by atoms with Crippen LogP contribution < -0.4 is 9.47 Å². The van der Waals surface area contributed by atoms with Gasteiger partial charge in [0.1, 0.15) is 6.61 Å². The topological polar surface area (TPSA) is 38.8 Å². The molecule has 25 heavy (non-hydrogen) atoms. The third-order valence-corrected chi connectivity index (χ3v) is 4.70. The lowest BCUT2D eigenvalue weighted by molar-refractivity contribution is -0.128. The zero-order valence-electron chi connectivity index (χ0n) is 13.6. The van der Waals surface area contributed by atoms with Gasteiger partial charge >= 0.3 is 0 Å². The molecule has 132 valence electrons. The summed E-state index contributed by atoms with van der Waals surface area (Å²) in [7, 11) is 1.68. The lowest BCUT2D eigenvalue weighted by Gasteiger charge is -2.29. The van der Waals surface area contributed by atoms with E-state index in [1.54, 1.807) is 11.9 Å². The number of carbonyl (C=O) groups is 1. The Labute approximate surface area is 148 Å². The second kappa shape index (κ2) is 7.74. The van der Waals surface area contributed by atoms with Crippen molar-refractivity contribution in [1.29, 1.82) is 0 Å². The van der Waals surface area contributed by atoms with Crippen LogP contribution in [0.15, 0.2) is 47.4 Å². The summed E-state index contributed by atoms with van der Waals surface area (Å²) in [4.78, 5) is 14.3. The van der Waals surface area contributed by atoms with Gasteiger partial charge in [-0.15, -0.1) is 11.8 Å². The Morgan fingerprint density at radius 2 is 1.96 bits per heavy atom. The molecule has 0 aromatic heterocycles. The largest absolute Gasteiger partial charge is 0.486 e. The first-order chi connectivity index (χ1) is 12.0. The van der Waals surface area contributed by atoms with Crippen LogP contribution in [0.2, 0.25) is 0 Å². The molecular formula is C18H17F2NO3S. The second-order valence-corrected chi connectivity index (χ2v) is 6.69. The number of rotatable bonds is 5. The van der Waals surface area contributed by atoms with Crippen molar-refractivity contribution in [1.82, 2.24) is 4.90 Å². The Morgan fingerprint density at radius 1 is 1.20 bits per heavy atom. The van der Waals surface area contributed by atoms with Crippen LogP contribution in [0.4, 0.5) is 8.78 Å². The van der Waals surface area contributed by atoms with Gasteiger partial charge in [-0.1, -0.05) is 12.1 Å².